The number of hydrogen-bond acceptors (Lipinski definition) is 3. The highest BCUT2D eigenvalue weighted by Gasteiger charge is 2.23. The number of likely N-dealkylation sites (tertiary alicyclic amines) is 1. The predicted octanol–water partition coefficient (Wildman–Crippen LogP) is 2.53. The summed E-state index contributed by atoms with van der Waals surface area (Å²) in [7, 11) is -0.192. The maximum Gasteiger partial charge on any atom is 0.242 e. The molecule has 0 aromatic heterocycles. The average molecular weight is 310 g/mol. The first-order valence-electron chi connectivity index (χ1n) is 7.70. The zero-order valence-corrected chi connectivity index (χ0v) is 14.1. The van der Waals surface area contributed by atoms with Gasteiger partial charge in [-0.2, -0.15) is 0 Å². The van der Waals surface area contributed by atoms with Gasteiger partial charge in [-0.25, -0.2) is 12.7 Å². The van der Waals surface area contributed by atoms with Crippen LogP contribution in [-0.4, -0.2) is 51.4 Å². The highest BCUT2D eigenvalue weighted by molar-refractivity contribution is 7.89. The number of hydrogen-bond donors (Lipinski definition) is 0. The Bertz CT molecular complexity index is 567. The van der Waals surface area contributed by atoms with E-state index in [1.54, 1.807) is 20.2 Å². The zero-order chi connectivity index (χ0) is 15.5. The van der Waals surface area contributed by atoms with Crippen molar-refractivity contribution in [3.8, 4) is 0 Å². The van der Waals surface area contributed by atoms with Crippen molar-refractivity contribution in [2.75, 3.05) is 33.7 Å². The van der Waals surface area contributed by atoms with E-state index < -0.39 is 10.0 Å². The van der Waals surface area contributed by atoms with Gasteiger partial charge in [-0.1, -0.05) is 19.1 Å². The summed E-state index contributed by atoms with van der Waals surface area (Å²) in [6.07, 6.45) is 3.50. The molecule has 0 radical (unpaired) electrons. The van der Waals surface area contributed by atoms with Gasteiger partial charge in [0.05, 0.1) is 4.90 Å². The van der Waals surface area contributed by atoms with Crippen molar-refractivity contribution in [3.05, 3.63) is 29.8 Å². The fourth-order valence-electron chi connectivity index (χ4n) is 2.99. The molecule has 0 saturated carbocycles. The second-order valence-electron chi connectivity index (χ2n) is 6.00. The van der Waals surface area contributed by atoms with E-state index in [1.165, 1.54) is 23.7 Å². The largest absolute Gasteiger partial charge is 0.303 e. The van der Waals surface area contributed by atoms with Crippen LogP contribution in [-0.2, 0) is 10.0 Å². The van der Waals surface area contributed by atoms with Crippen LogP contribution in [0.15, 0.2) is 29.2 Å². The summed E-state index contributed by atoms with van der Waals surface area (Å²) in [4.78, 5) is 2.89. The topological polar surface area (TPSA) is 40.6 Å². The van der Waals surface area contributed by atoms with E-state index in [2.05, 4.69) is 17.9 Å². The van der Waals surface area contributed by atoms with Gasteiger partial charge < -0.3 is 4.90 Å². The van der Waals surface area contributed by atoms with Crippen molar-refractivity contribution >= 4 is 10.0 Å². The van der Waals surface area contributed by atoms with Crippen molar-refractivity contribution in [1.82, 2.24) is 9.21 Å². The number of rotatable bonds is 5. The smallest absolute Gasteiger partial charge is 0.242 e. The highest BCUT2D eigenvalue weighted by atomic mass is 32.2. The summed E-state index contributed by atoms with van der Waals surface area (Å²) in [5.41, 5.74) is 1.15. The van der Waals surface area contributed by atoms with E-state index >= 15 is 0 Å². The molecule has 4 nitrogen and oxygen atoms in total. The van der Waals surface area contributed by atoms with Crippen LogP contribution in [0.2, 0.25) is 0 Å². The molecule has 118 valence electrons. The first kappa shape index (κ1) is 16.5. The molecule has 0 N–H and O–H groups in total. The standard InChI is InChI=1S/C16H26N2O2S/c1-4-10-18-11-6-8-15(13-18)14-7-5-9-16(12-14)21(19,20)17(2)3/h5,7,9,12,15H,4,6,8,10-11,13H2,1-3H3/t15-/m1/s1. The Hall–Kier alpha value is -0.910. The van der Waals surface area contributed by atoms with E-state index in [4.69, 9.17) is 0 Å². The normalized spacial score (nSPS) is 20.9. The maximum atomic E-state index is 12.2. The van der Waals surface area contributed by atoms with Gasteiger partial charge in [-0.3, -0.25) is 0 Å². The Morgan fingerprint density at radius 2 is 2.10 bits per heavy atom. The minimum absolute atomic E-state index is 0.401. The van der Waals surface area contributed by atoms with E-state index in [0.717, 1.165) is 25.1 Å². The molecule has 0 aliphatic carbocycles. The van der Waals surface area contributed by atoms with Crippen LogP contribution in [0.1, 0.15) is 37.7 Å². The highest BCUT2D eigenvalue weighted by Crippen LogP contribution is 2.28. The average Bonchev–Trinajstić information content (AvgIpc) is 2.48. The Morgan fingerprint density at radius 1 is 1.33 bits per heavy atom. The molecular formula is C16H26N2O2S. The maximum absolute atomic E-state index is 12.2. The van der Waals surface area contributed by atoms with E-state index in [9.17, 15) is 8.42 Å². The van der Waals surface area contributed by atoms with Crippen LogP contribution >= 0.6 is 0 Å². The van der Waals surface area contributed by atoms with Gasteiger partial charge in [-0.15, -0.1) is 0 Å². The summed E-state index contributed by atoms with van der Waals surface area (Å²) in [6.45, 7) is 5.54. The first-order valence-corrected chi connectivity index (χ1v) is 9.14. The summed E-state index contributed by atoms with van der Waals surface area (Å²) >= 11 is 0. The Morgan fingerprint density at radius 3 is 2.76 bits per heavy atom. The minimum atomic E-state index is -3.34. The van der Waals surface area contributed by atoms with Crippen molar-refractivity contribution in [1.29, 1.82) is 0 Å². The lowest BCUT2D eigenvalue weighted by atomic mass is 9.90. The van der Waals surface area contributed by atoms with Crippen LogP contribution in [0, 0.1) is 0 Å². The SMILES string of the molecule is CCCN1CCC[C@@H](c2cccc(S(=O)(=O)N(C)C)c2)C1. The molecule has 1 heterocycles. The Labute approximate surface area is 128 Å². The number of sulfonamides is 1. The van der Waals surface area contributed by atoms with Crippen molar-refractivity contribution in [2.24, 2.45) is 0 Å². The van der Waals surface area contributed by atoms with Crippen molar-refractivity contribution in [3.63, 3.8) is 0 Å². The third-order valence-electron chi connectivity index (χ3n) is 4.15. The molecular weight excluding hydrogens is 284 g/mol. The van der Waals surface area contributed by atoms with E-state index in [1.807, 2.05) is 12.1 Å². The predicted molar refractivity (Wildman–Crippen MR) is 86.0 cm³/mol. The number of piperidine rings is 1. The third-order valence-corrected chi connectivity index (χ3v) is 5.96. The van der Waals surface area contributed by atoms with Gasteiger partial charge in [0.15, 0.2) is 0 Å². The lowest BCUT2D eigenvalue weighted by Crippen LogP contribution is -2.34. The Kier molecular flexibility index (Phi) is 5.41. The summed E-state index contributed by atoms with van der Waals surface area (Å²) in [5, 5.41) is 0. The second kappa shape index (κ2) is 6.90. The third kappa shape index (κ3) is 3.84. The van der Waals surface area contributed by atoms with E-state index in [-0.39, 0.29) is 0 Å². The van der Waals surface area contributed by atoms with Crippen LogP contribution in [0.5, 0.6) is 0 Å². The molecule has 1 aliphatic rings. The molecule has 1 aromatic rings. The molecule has 5 heteroatoms. The molecule has 1 saturated heterocycles. The van der Waals surface area contributed by atoms with Crippen LogP contribution < -0.4 is 0 Å². The van der Waals surface area contributed by atoms with Crippen molar-refractivity contribution < 1.29 is 8.42 Å². The molecule has 1 aromatic carbocycles. The molecule has 0 spiro atoms. The van der Waals surface area contributed by atoms with Crippen LogP contribution in [0.4, 0.5) is 0 Å². The summed E-state index contributed by atoms with van der Waals surface area (Å²) in [6, 6.07) is 7.47. The lowest BCUT2D eigenvalue weighted by molar-refractivity contribution is 0.208. The fourth-order valence-corrected chi connectivity index (χ4v) is 3.94. The molecule has 1 aliphatic heterocycles. The van der Waals surface area contributed by atoms with Gasteiger partial charge >= 0.3 is 0 Å². The fraction of sp³-hybridized carbons (Fsp3) is 0.625. The zero-order valence-electron chi connectivity index (χ0n) is 13.2. The molecule has 0 bridgehead atoms. The number of benzene rings is 1. The van der Waals surface area contributed by atoms with Crippen LogP contribution in [0.25, 0.3) is 0 Å². The number of nitrogens with zero attached hydrogens (tertiary/aromatic N) is 2. The van der Waals surface area contributed by atoms with Gasteiger partial charge in [0.25, 0.3) is 0 Å². The van der Waals surface area contributed by atoms with Crippen molar-refractivity contribution in [2.45, 2.75) is 37.0 Å². The summed E-state index contributed by atoms with van der Waals surface area (Å²) in [5.74, 6) is 0.447. The van der Waals surface area contributed by atoms with Gasteiger partial charge in [0.2, 0.25) is 10.0 Å². The minimum Gasteiger partial charge on any atom is -0.303 e. The second-order valence-corrected chi connectivity index (χ2v) is 8.15. The van der Waals surface area contributed by atoms with Gasteiger partial charge in [-0.05, 0) is 56.0 Å². The molecule has 1 atom stereocenters. The first-order chi connectivity index (χ1) is 9.95. The lowest BCUT2D eigenvalue weighted by Gasteiger charge is -2.33. The quantitative estimate of drug-likeness (QED) is 0.839. The van der Waals surface area contributed by atoms with Gasteiger partial charge in [0.1, 0.15) is 0 Å². The molecule has 1 fully saturated rings. The monoisotopic (exact) mass is 310 g/mol. The molecule has 0 amide bonds. The van der Waals surface area contributed by atoms with Crippen LogP contribution in [0.3, 0.4) is 0 Å². The Balaban J connectivity index is 2.21. The summed E-state index contributed by atoms with van der Waals surface area (Å²) < 4.78 is 25.8. The molecule has 21 heavy (non-hydrogen) atoms. The van der Waals surface area contributed by atoms with E-state index in [0.29, 0.717) is 10.8 Å². The molecule has 0 unspecified atom stereocenters. The van der Waals surface area contributed by atoms with Gasteiger partial charge in [0, 0.05) is 20.6 Å². The molecule has 2 rings (SSSR count).